The molecular weight excluding hydrogens is 484 g/mol. The van der Waals surface area contributed by atoms with Gasteiger partial charge in [-0.3, -0.25) is 14.6 Å². The van der Waals surface area contributed by atoms with E-state index in [0.717, 1.165) is 6.26 Å². The highest BCUT2D eigenvalue weighted by atomic mass is 16.5. The second-order valence-corrected chi connectivity index (χ2v) is 8.26. The van der Waals surface area contributed by atoms with Crippen LogP contribution in [0.25, 0.3) is 0 Å². The molecule has 0 radical (unpaired) electrons. The number of amides is 2. The summed E-state index contributed by atoms with van der Waals surface area (Å²) >= 11 is 0. The highest BCUT2D eigenvalue weighted by Crippen LogP contribution is 2.32. The highest BCUT2D eigenvalue weighted by molar-refractivity contribution is 5.98. The Morgan fingerprint density at radius 2 is 1.89 bits per heavy atom. The molecule has 3 atom stereocenters. The molecule has 0 unspecified atom stereocenters. The van der Waals surface area contributed by atoms with Crippen molar-refractivity contribution in [2.24, 2.45) is 22.4 Å². The summed E-state index contributed by atoms with van der Waals surface area (Å²) in [4.78, 5) is 45.4. The molecule has 0 aliphatic carbocycles. The number of guanidine groups is 1. The van der Waals surface area contributed by atoms with Crippen molar-refractivity contribution in [3.8, 4) is 11.5 Å². The van der Waals surface area contributed by atoms with Crippen LogP contribution in [0.15, 0.2) is 33.9 Å². The van der Waals surface area contributed by atoms with Crippen molar-refractivity contribution >= 4 is 23.7 Å². The molecule has 0 saturated heterocycles. The number of carbonyl (C=O) groups is 3. The topological polar surface area (TPSA) is 204 Å². The van der Waals surface area contributed by atoms with Crippen LogP contribution in [0, 0.1) is 5.92 Å². The largest absolute Gasteiger partial charge is 0.493 e. The van der Waals surface area contributed by atoms with Crippen molar-refractivity contribution in [1.82, 2.24) is 15.6 Å². The number of rotatable bonds is 14. The van der Waals surface area contributed by atoms with Crippen molar-refractivity contribution in [2.75, 3.05) is 20.8 Å². The number of carboxylic acid groups (broad SMARTS) is 1. The zero-order valence-electron chi connectivity index (χ0n) is 21.3. The first-order valence-electron chi connectivity index (χ1n) is 11.7. The molecule has 202 valence electrons. The fraction of sp³-hybridized carbons (Fsp3) is 0.458. The molecule has 7 N–H and O–H groups in total. The number of ether oxygens (including phenoxy) is 2. The summed E-state index contributed by atoms with van der Waals surface area (Å²) in [5, 5.41) is 14.8. The third-order valence-corrected chi connectivity index (χ3v) is 5.72. The lowest BCUT2D eigenvalue weighted by Crippen LogP contribution is -2.41. The van der Waals surface area contributed by atoms with Crippen molar-refractivity contribution in [2.45, 2.75) is 45.2 Å². The second-order valence-electron chi connectivity index (χ2n) is 8.26. The van der Waals surface area contributed by atoms with Crippen LogP contribution < -0.4 is 31.6 Å². The summed E-state index contributed by atoms with van der Waals surface area (Å²) in [6.07, 6.45) is 2.24. The van der Waals surface area contributed by atoms with E-state index in [0.29, 0.717) is 18.6 Å². The van der Waals surface area contributed by atoms with Gasteiger partial charge in [0.2, 0.25) is 5.89 Å². The second kappa shape index (κ2) is 13.7. The predicted molar refractivity (Wildman–Crippen MR) is 135 cm³/mol. The Labute approximate surface area is 214 Å². The minimum absolute atomic E-state index is 0.0983. The Hall–Kier alpha value is -4.29. The number of aliphatic imine (C=N–C) groups is 1. The number of aliphatic carboxylic acids is 1. The van der Waals surface area contributed by atoms with Crippen LogP contribution in [-0.4, -0.2) is 60.6 Å². The van der Waals surface area contributed by atoms with E-state index in [1.807, 2.05) is 13.8 Å². The molecule has 0 aliphatic heterocycles. The molecule has 0 bridgehead atoms. The fourth-order valence-corrected chi connectivity index (χ4v) is 3.50. The zero-order chi connectivity index (χ0) is 27.5. The average molecular weight is 519 g/mol. The summed E-state index contributed by atoms with van der Waals surface area (Å²) in [5.74, 6) is -1.82. The number of nitrogens with one attached hydrogen (secondary N) is 2. The SMILES string of the molecule is CC[C@H](C)[C@H](NC(=O)c1cccc(OC)c1OC)c1nc(C(=O)N[C@@H](CCCN=C(N)N)C(=O)O)co1. The molecule has 37 heavy (non-hydrogen) atoms. The normalized spacial score (nSPS) is 13.1. The molecule has 1 aromatic heterocycles. The Bertz CT molecular complexity index is 1110. The quantitative estimate of drug-likeness (QED) is 0.138. The van der Waals surface area contributed by atoms with Gasteiger partial charge in [0.15, 0.2) is 23.2 Å². The number of nitrogens with two attached hydrogens (primary N) is 2. The van der Waals surface area contributed by atoms with Crippen LogP contribution in [0.1, 0.15) is 65.9 Å². The molecular formula is C24H34N6O7. The Morgan fingerprint density at radius 1 is 1.16 bits per heavy atom. The summed E-state index contributed by atoms with van der Waals surface area (Å²) in [6, 6.07) is 3.08. The van der Waals surface area contributed by atoms with Crippen molar-refractivity contribution in [3.05, 3.63) is 41.6 Å². The first-order chi connectivity index (χ1) is 17.6. The minimum atomic E-state index is -1.21. The van der Waals surface area contributed by atoms with Crippen molar-refractivity contribution in [1.29, 1.82) is 0 Å². The van der Waals surface area contributed by atoms with Gasteiger partial charge in [-0.15, -0.1) is 0 Å². The van der Waals surface area contributed by atoms with E-state index >= 15 is 0 Å². The van der Waals surface area contributed by atoms with Gasteiger partial charge in [-0.1, -0.05) is 26.3 Å². The number of hydrogen-bond donors (Lipinski definition) is 5. The lowest BCUT2D eigenvalue weighted by Gasteiger charge is -2.22. The Balaban J connectivity index is 2.19. The zero-order valence-corrected chi connectivity index (χ0v) is 21.3. The van der Waals surface area contributed by atoms with Crippen LogP contribution in [0.3, 0.4) is 0 Å². The van der Waals surface area contributed by atoms with E-state index in [9.17, 15) is 19.5 Å². The first-order valence-corrected chi connectivity index (χ1v) is 11.7. The molecule has 1 aromatic carbocycles. The van der Waals surface area contributed by atoms with E-state index < -0.39 is 29.9 Å². The lowest BCUT2D eigenvalue weighted by molar-refractivity contribution is -0.139. The van der Waals surface area contributed by atoms with E-state index in [1.54, 1.807) is 18.2 Å². The molecule has 0 aliphatic rings. The number of nitrogens with zero attached hydrogens (tertiary/aromatic N) is 2. The van der Waals surface area contributed by atoms with Crippen LogP contribution in [0.5, 0.6) is 11.5 Å². The van der Waals surface area contributed by atoms with Crippen molar-refractivity contribution < 1.29 is 33.4 Å². The highest BCUT2D eigenvalue weighted by Gasteiger charge is 2.29. The first kappa shape index (κ1) is 28.9. The summed E-state index contributed by atoms with van der Waals surface area (Å²) in [7, 11) is 2.91. The molecule has 13 heteroatoms. The molecule has 2 amide bonds. The Kier molecular flexibility index (Phi) is 10.7. The van der Waals surface area contributed by atoms with Crippen LogP contribution in [-0.2, 0) is 4.79 Å². The summed E-state index contributed by atoms with van der Waals surface area (Å²) < 4.78 is 16.2. The number of carbonyl (C=O) groups excluding carboxylic acids is 2. The molecule has 0 saturated carbocycles. The van der Waals surface area contributed by atoms with E-state index in [1.165, 1.54) is 14.2 Å². The van der Waals surface area contributed by atoms with E-state index in [2.05, 4.69) is 20.6 Å². The van der Waals surface area contributed by atoms with Gasteiger partial charge in [0.1, 0.15) is 18.3 Å². The molecule has 2 rings (SSSR count). The number of benzene rings is 1. The maximum Gasteiger partial charge on any atom is 0.326 e. The van der Waals surface area contributed by atoms with Crippen LogP contribution in [0.4, 0.5) is 0 Å². The van der Waals surface area contributed by atoms with E-state index in [4.69, 9.17) is 25.4 Å². The third-order valence-electron chi connectivity index (χ3n) is 5.72. The smallest absolute Gasteiger partial charge is 0.326 e. The molecule has 0 spiro atoms. The summed E-state index contributed by atoms with van der Waals surface area (Å²) in [6.45, 7) is 4.06. The number of methoxy groups -OCH3 is 2. The number of oxazole rings is 1. The van der Waals surface area contributed by atoms with Gasteiger partial charge >= 0.3 is 5.97 Å². The van der Waals surface area contributed by atoms with Crippen LogP contribution >= 0.6 is 0 Å². The standard InChI is InChI=1S/C24H34N6O7/c1-5-13(2)18(30-20(31)14-8-6-10-17(35-3)19(14)36-4)22-29-16(12-37-22)21(32)28-15(23(33)34)9-7-11-27-24(25)26/h6,8,10,12-13,15,18H,5,7,9,11H2,1-4H3,(H,28,32)(H,30,31)(H,33,34)(H4,25,26,27)/t13-,15-,18-/m0/s1. The van der Waals surface area contributed by atoms with Crippen LogP contribution in [0.2, 0.25) is 0 Å². The number of hydrogen-bond acceptors (Lipinski definition) is 8. The Morgan fingerprint density at radius 3 is 2.49 bits per heavy atom. The maximum absolute atomic E-state index is 13.1. The molecule has 2 aromatic rings. The van der Waals surface area contributed by atoms with Gasteiger partial charge in [-0.25, -0.2) is 9.78 Å². The van der Waals surface area contributed by atoms with Gasteiger partial charge < -0.3 is 41.1 Å². The number of carboxylic acids is 1. The fourth-order valence-electron chi connectivity index (χ4n) is 3.50. The van der Waals surface area contributed by atoms with Gasteiger partial charge in [-0.05, 0) is 30.9 Å². The number of aromatic nitrogens is 1. The minimum Gasteiger partial charge on any atom is -0.493 e. The average Bonchev–Trinajstić information content (AvgIpc) is 3.37. The third kappa shape index (κ3) is 7.85. The van der Waals surface area contributed by atoms with E-state index in [-0.39, 0.29) is 47.7 Å². The maximum atomic E-state index is 13.1. The predicted octanol–water partition coefficient (Wildman–Crippen LogP) is 1.45. The molecule has 1 heterocycles. The molecule has 0 fully saturated rings. The monoisotopic (exact) mass is 518 g/mol. The van der Waals surface area contributed by atoms with Gasteiger partial charge in [0.05, 0.1) is 19.8 Å². The molecule has 13 nitrogen and oxygen atoms in total. The van der Waals surface area contributed by atoms with Gasteiger partial charge in [-0.2, -0.15) is 0 Å². The summed E-state index contributed by atoms with van der Waals surface area (Å²) in [5.41, 5.74) is 10.7. The lowest BCUT2D eigenvalue weighted by atomic mass is 9.98. The van der Waals surface area contributed by atoms with Crippen molar-refractivity contribution in [3.63, 3.8) is 0 Å². The van der Waals surface area contributed by atoms with Gasteiger partial charge in [0.25, 0.3) is 11.8 Å². The van der Waals surface area contributed by atoms with Gasteiger partial charge in [0, 0.05) is 6.54 Å². The number of para-hydroxylation sites is 1.